The summed E-state index contributed by atoms with van der Waals surface area (Å²) in [6.45, 7) is 9.57. The van der Waals surface area contributed by atoms with E-state index in [0.717, 1.165) is 11.8 Å². The fourth-order valence-corrected chi connectivity index (χ4v) is 5.61. The van der Waals surface area contributed by atoms with Gasteiger partial charge in [0.25, 0.3) is 0 Å². The van der Waals surface area contributed by atoms with E-state index in [1.165, 1.54) is 57.8 Å². The Kier molecular flexibility index (Phi) is 3.28. The minimum Gasteiger partial charge on any atom is -0.368 e. The van der Waals surface area contributed by atoms with Crippen LogP contribution < -0.4 is 0 Å². The third-order valence-electron chi connectivity index (χ3n) is 6.89. The molecule has 2 saturated carbocycles. The summed E-state index contributed by atoms with van der Waals surface area (Å²) < 4.78 is 6.88. The van der Waals surface area contributed by atoms with E-state index in [-0.39, 0.29) is 11.2 Å². The molecule has 1 saturated heterocycles. The predicted molar refractivity (Wildman–Crippen MR) is 80.2 cm³/mol. The zero-order valence-electron chi connectivity index (χ0n) is 13.4. The van der Waals surface area contributed by atoms with Gasteiger partial charge < -0.3 is 4.74 Å². The maximum Gasteiger partial charge on any atom is 0.0774 e. The molecular formula is C18H32O. The number of unbranched alkanes of at least 4 members (excludes halogenated alkanes) is 1. The first-order chi connectivity index (χ1) is 8.94. The second-order valence-electron chi connectivity index (χ2n) is 8.33. The lowest BCUT2D eigenvalue weighted by molar-refractivity contribution is -0.198. The fraction of sp³-hybridized carbons (Fsp3) is 1.00. The van der Waals surface area contributed by atoms with E-state index in [4.69, 9.17) is 4.74 Å². The predicted octanol–water partition coefficient (Wildman–Crippen LogP) is 5.33. The van der Waals surface area contributed by atoms with Gasteiger partial charge in [0, 0.05) is 0 Å². The zero-order chi connectivity index (χ0) is 13.7. The molecule has 0 amide bonds. The summed E-state index contributed by atoms with van der Waals surface area (Å²) in [6.07, 6.45) is 12.5. The molecule has 3 aliphatic rings. The van der Waals surface area contributed by atoms with E-state index in [1.807, 2.05) is 0 Å². The highest BCUT2D eigenvalue weighted by atomic mass is 16.5. The lowest BCUT2D eigenvalue weighted by Crippen LogP contribution is -2.56. The van der Waals surface area contributed by atoms with Gasteiger partial charge in [0.15, 0.2) is 0 Å². The van der Waals surface area contributed by atoms with E-state index in [2.05, 4.69) is 27.7 Å². The Morgan fingerprint density at radius 1 is 1.11 bits per heavy atom. The van der Waals surface area contributed by atoms with Crippen LogP contribution >= 0.6 is 0 Å². The van der Waals surface area contributed by atoms with E-state index in [1.54, 1.807) is 0 Å². The zero-order valence-corrected chi connectivity index (χ0v) is 13.4. The Balaban J connectivity index is 1.93. The molecule has 3 rings (SSSR count). The van der Waals surface area contributed by atoms with Crippen molar-refractivity contribution in [3.8, 4) is 0 Å². The van der Waals surface area contributed by atoms with Gasteiger partial charge in [0.2, 0.25) is 0 Å². The van der Waals surface area contributed by atoms with Gasteiger partial charge in [0.05, 0.1) is 11.2 Å². The highest BCUT2D eigenvalue weighted by molar-refractivity contribution is 5.15. The van der Waals surface area contributed by atoms with Crippen LogP contribution in [-0.2, 0) is 4.74 Å². The van der Waals surface area contributed by atoms with Crippen molar-refractivity contribution in [2.45, 2.75) is 96.7 Å². The first-order valence-corrected chi connectivity index (χ1v) is 8.64. The molecule has 19 heavy (non-hydrogen) atoms. The lowest BCUT2D eigenvalue weighted by Gasteiger charge is -2.56. The van der Waals surface area contributed by atoms with Crippen molar-refractivity contribution in [2.75, 3.05) is 0 Å². The van der Waals surface area contributed by atoms with Gasteiger partial charge in [0.1, 0.15) is 0 Å². The monoisotopic (exact) mass is 264 g/mol. The molecule has 1 heteroatoms. The normalized spacial score (nSPS) is 48.0. The van der Waals surface area contributed by atoms with Gasteiger partial charge >= 0.3 is 0 Å². The van der Waals surface area contributed by atoms with Crippen LogP contribution in [0, 0.1) is 17.3 Å². The summed E-state index contributed by atoms with van der Waals surface area (Å²) in [4.78, 5) is 0. The molecule has 1 aliphatic heterocycles. The molecule has 0 N–H and O–H groups in total. The molecule has 2 bridgehead atoms. The van der Waals surface area contributed by atoms with Crippen molar-refractivity contribution in [3.05, 3.63) is 0 Å². The summed E-state index contributed by atoms with van der Waals surface area (Å²) in [6, 6.07) is 0. The van der Waals surface area contributed by atoms with Crippen LogP contribution in [0.4, 0.5) is 0 Å². The number of hydrogen-bond acceptors (Lipinski definition) is 1. The van der Waals surface area contributed by atoms with Crippen molar-refractivity contribution >= 4 is 0 Å². The highest BCUT2D eigenvalue weighted by Gasteiger charge is 2.65. The second-order valence-corrected chi connectivity index (χ2v) is 8.33. The number of hydrogen-bond donors (Lipinski definition) is 0. The minimum absolute atomic E-state index is 0.125. The van der Waals surface area contributed by atoms with Crippen molar-refractivity contribution in [2.24, 2.45) is 17.3 Å². The quantitative estimate of drug-likeness (QED) is 0.669. The Morgan fingerprint density at radius 3 is 2.63 bits per heavy atom. The third kappa shape index (κ3) is 1.91. The van der Waals surface area contributed by atoms with E-state index in [9.17, 15) is 0 Å². The van der Waals surface area contributed by atoms with E-state index in [0.29, 0.717) is 5.41 Å². The summed E-state index contributed by atoms with van der Waals surface area (Å²) in [5, 5.41) is 0. The number of fused-ring (bicyclic) bond motifs is 1. The first kappa shape index (κ1) is 13.9. The second kappa shape index (κ2) is 4.48. The molecule has 2 aliphatic carbocycles. The third-order valence-corrected chi connectivity index (χ3v) is 6.89. The van der Waals surface area contributed by atoms with Crippen LogP contribution in [0.2, 0.25) is 0 Å². The van der Waals surface area contributed by atoms with Crippen LogP contribution in [-0.4, -0.2) is 11.2 Å². The number of ether oxygens (including phenoxy) is 1. The SMILES string of the molecule is CCCCC1CCCC2(C)CCC3CC12OC3(C)C. The number of rotatable bonds is 3. The molecule has 0 aromatic heterocycles. The average molecular weight is 264 g/mol. The topological polar surface area (TPSA) is 9.23 Å². The largest absolute Gasteiger partial charge is 0.368 e. The van der Waals surface area contributed by atoms with E-state index >= 15 is 0 Å². The summed E-state index contributed by atoms with van der Waals surface area (Å²) >= 11 is 0. The van der Waals surface area contributed by atoms with Crippen LogP contribution in [0.1, 0.15) is 85.5 Å². The van der Waals surface area contributed by atoms with Crippen molar-refractivity contribution < 1.29 is 4.74 Å². The van der Waals surface area contributed by atoms with Gasteiger partial charge in [-0.15, -0.1) is 0 Å². The Morgan fingerprint density at radius 2 is 1.89 bits per heavy atom. The Labute approximate surface area is 119 Å². The summed E-state index contributed by atoms with van der Waals surface area (Å²) in [5.41, 5.74) is 0.820. The first-order valence-electron chi connectivity index (χ1n) is 8.64. The van der Waals surface area contributed by atoms with Gasteiger partial charge in [-0.05, 0) is 69.6 Å². The maximum atomic E-state index is 6.88. The molecular weight excluding hydrogens is 232 g/mol. The Hall–Kier alpha value is -0.0400. The van der Waals surface area contributed by atoms with Crippen LogP contribution in [0.5, 0.6) is 0 Å². The van der Waals surface area contributed by atoms with Gasteiger partial charge in [-0.3, -0.25) is 0 Å². The molecule has 110 valence electrons. The smallest absolute Gasteiger partial charge is 0.0774 e. The van der Waals surface area contributed by atoms with Crippen molar-refractivity contribution in [1.82, 2.24) is 0 Å². The summed E-state index contributed by atoms with van der Waals surface area (Å²) in [5.74, 6) is 1.64. The molecule has 3 fully saturated rings. The van der Waals surface area contributed by atoms with Gasteiger partial charge in [-0.1, -0.05) is 33.1 Å². The standard InChI is InChI=1S/C18H32O/c1-5-6-8-14-9-7-11-17(4)12-10-15-13-18(14,17)19-16(15,2)3/h14-15H,5-13H2,1-4H3. The fourth-order valence-electron chi connectivity index (χ4n) is 5.61. The molecule has 4 atom stereocenters. The van der Waals surface area contributed by atoms with Crippen molar-refractivity contribution in [1.29, 1.82) is 0 Å². The van der Waals surface area contributed by atoms with Gasteiger partial charge in [-0.2, -0.15) is 0 Å². The molecule has 4 unspecified atom stereocenters. The summed E-state index contributed by atoms with van der Waals surface area (Å²) in [7, 11) is 0. The van der Waals surface area contributed by atoms with E-state index < -0.39 is 0 Å². The van der Waals surface area contributed by atoms with Crippen LogP contribution in [0.15, 0.2) is 0 Å². The molecule has 1 heterocycles. The molecule has 0 aromatic carbocycles. The molecule has 1 spiro atoms. The maximum absolute atomic E-state index is 6.88. The molecule has 0 radical (unpaired) electrons. The average Bonchev–Trinajstić information content (AvgIpc) is 2.58. The van der Waals surface area contributed by atoms with Crippen LogP contribution in [0.3, 0.4) is 0 Å². The minimum atomic E-state index is 0.125. The highest BCUT2D eigenvalue weighted by Crippen LogP contribution is 2.66. The van der Waals surface area contributed by atoms with Crippen molar-refractivity contribution in [3.63, 3.8) is 0 Å². The van der Waals surface area contributed by atoms with Gasteiger partial charge in [-0.25, -0.2) is 0 Å². The van der Waals surface area contributed by atoms with Crippen LogP contribution in [0.25, 0.3) is 0 Å². The molecule has 1 nitrogen and oxygen atoms in total. The Bertz CT molecular complexity index is 348. The molecule has 0 aromatic rings. The lowest BCUT2D eigenvalue weighted by atomic mass is 9.52.